The molecule has 1 aliphatic rings. The lowest BCUT2D eigenvalue weighted by molar-refractivity contribution is -0.0603. The first-order valence-corrected chi connectivity index (χ1v) is 13.7. The van der Waals surface area contributed by atoms with Crippen molar-refractivity contribution >= 4 is 60.5 Å². The standard InChI is InChI=1S/C23H22BrClN2O5S2/c1-23(2)20(28)19(26-34(30,31)18-12-16(24)21(25)33-18)15-11-13(9-10-17(15)32-23)22(29)27(3)14-7-5-4-6-8-14/h4-12,19-20,26,28H,1-3H3/t19-,20+/m1/s1. The van der Waals surface area contributed by atoms with E-state index in [-0.39, 0.29) is 10.1 Å². The van der Waals surface area contributed by atoms with E-state index >= 15 is 0 Å². The van der Waals surface area contributed by atoms with Gasteiger partial charge in [0, 0.05) is 28.3 Å². The molecule has 2 atom stereocenters. The van der Waals surface area contributed by atoms with Crippen LogP contribution in [-0.4, -0.2) is 38.2 Å². The molecule has 2 N–H and O–H groups in total. The number of fused-ring (bicyclic) bond motifs is 1. The maximum Gasteiger partial charge on any atom is 0.258 e. The molecule has 2 heterocycles. The molecule has 2 aromatic carbocycles. The highest BCUT2D eigenvalue weighted by atomic mass is 79.9. The first kappa shape index (κ1) is 25.2. The van der Waals surface area contributed by atoms with Gasteiger partial charge < -0.3 is 14.7 Å². The summed E-state index contributed by atoms with van der Waals surface area (Å²) in [5.74, 6) is 0.0937. The highest BCUT2D eigenvalue weighted by molar-refractivity contribution is 9.10. The summed E-state index contributed by atoms with van der Waals surface area (Å²) in [6, 6.07) is 14.3. The van der Waals surface area contributed by atoms with Gasteiger partial charge in [-0.25, -0.2) is 13.1 Å². The zero-order chi connectivity index (χ0) is 24.8. The molecule has 1 aliphatic heterocycles. The Morgan fingerprint density at radius 1 is 1.21 bits per heavy atom. The number of rotatable bonds is 5. The van der Waals surface area contributed by atoms with E-state index in [1.807, 2.05) is 30.3 Å². The Balaban J connectivity index is 1.73. The fourth-order valence-electron chi connectivity index (χ4n) is 3.71. The lowest BCUT2D eigenvalue weighted by Gasteiger charge is -2.42. The Bertz CT molecular complexity index is 1330. The monoisotopic (exact) mass is 584 g/mol. The summed E-state index contributed by atoms with van der Waals surface area (Å²) in [6.45, 7) is 3.34. The molecule has 180 valence electrons. The highest BCUT2D eigenvalue weighted by Crippen LogP contribution is 2.42. The number of ether oxygens (including phenoxy) is 1. The minimum Gasteiger partial charge on any atom is -0.485 e. The summed E-state index contributed by atoms with van der Waals surface area (Å²) < 4.78 is 35.6. The SMILES string of the molecule is CN(C(=O)c1ccc2c(c1)[C@@H](NS(=O)(=O)c1cc(Br)c(Cl)s1)[C@H](O)C(C)(C)O2)c1ccccc1. The van der Waals surface area contributed by atoms with E-state index in [0.717, 1.165) is 11.3 Å². The number of hydrogen-bond donors (Lipinski definition) is 2. The molecule has 4 rings (SSSR count). The number of carbonyl (C=O) groups excluding carboxylic acids is 1. The van der Waals surface area contributed by atoms with Gasteiger partial charge in [-0.1, -0.05) is 29.8 Å². The topological polar surface area (TPSA) is 95.9 Å². The van der Waals surface area contributed by atoms with Crippen molar-refractivity contribution < 1.29 is 23.1 Å². The zero-order valence-corrected chi connectivity index (χ0v) is 22.4. The fourth-order valence-corrected chi connectivity index (χ4v) is 7.25. The van der Waals surface area contributed by atoms with Gasteiger partial charge in [-0.3, -0.25) is 4.79 Å². The van der Waals surface area contributed by atoms with Crippen molar-refractivity contribution in [2.24, 2.45) is 0 Å². The third-order valence-corrected chi connectivity index (χ3v) is 10.00. The van der Waals surface area contributed by atoms with E-state index in [2.05, 4.69) is 20.7 Å². The number of hydrogen-bond acceptors (Lipinski definition) is 6. The van der Waals surface area contributed by atoms with Crippen LogP contribution in [0.3, 0.4) is 0 Å². The van der Waals surface area contributed by atoms with Gasteiger partial charge in [-0.15, -0.1) is 11.3 Å². The number of para-hydroxylation sites is 1. The fraction of sp³-hybridized carbons (Fsp3) is 0.261. The molecule has 0 saturated carbocycles. The first-order chi connectivity index (χ1) is 15.9. The Morgan fingerprint density at radius 2 is 1.88 bits per heavy atom. The van der Waals surface area contributed by atoms with Gasteiger partial charge in [0.15, 0.2) is 0 Å². The molecule has 1 aromatic heterocycles. The molecule has 0 radical (unpaired) electrons. The average molecular weight is 586 g/mol. The van der Waals surface area contributed by atoms with Gasteiger partial charge in [0.1, 0.15) is 26.0 Å². The van der Waals surface area contributed by atoms with Crippen LogP contribution in [0.4, 0.5) is 5.69 Å². The van der Waals surface area contributed by atoms with Crippen LogP contribution in [0.5, 0.6) is 5.75 Å². The number of sulfonamides is 1. The molecule has 7 nitrogen and oxygen atoms in total. The van der Waals surface area contributed by atoms with Crippen LogP contribution < -0.4 is 14.4 Å². The van der Waals surface area contributed by atoms with Crippen molar-refractivity contribution in [3.05, 3.63) is 74.5 Å². The molecule has 34 heavy (non-hydrogen) atoms. The third-order valence-electron chi connectivity index (χ3n) is 5.61. The van der Waals surface area contributed by atoms with E-state index < -0.39 is 27.8 Å². The van der Waals surface area contributed by atoms with Crippen LogP contribution in [0.1, 0.15) is 35.8 Å². The molecule has 0 fully saturated rings. The minimum atomic E-state index is -4.04. The van der Waals surface area contributed by atoms with Gasteiger partial charge in [0.2, 0.25) is 0 Å². The number of carbonyl (C=O) groups is 1. The van der Waals surface area contributed by atoms with Gasteiger partial charge >= 0.3 is 0 Å². The molecule has 0 spiro atoms. The first-order valence-electron chi connectivity index (χ1n) is 10.2. The smallest absolute Gasteiger partial charge is 0.258 e. The summed E-state index contributed by atoms with van der Waals surface area (Å²) in [5.41, 5.74) is 0.316. The predicted molar refractivity (Wildman–Crippen MR) is 136 cm³/mol. The molecule has 3 aromatic rings. The second-order valence-electron chi connectivity index (χ2n) is 8.39. The van der Waals surface area contributed by atoms with Gasteiger partial charge in [0.25, 0.3) is 15.9 Å². The normalized spacial score (nSPS) is 19.2. The third kappa shape index (κ3) is 4.75. The highest BCUT2D eigenvalue weighted by Gasteiger charge is 2.45. The number of benzene rings is 2. The molecule has 11 heteroatoms. The molecule has 0 aliphatic carbocycles. The van der Waals surface area contributed by atoms with Crippen LogP contribution >= 0.6 is 38.9 Å². The van der Waals surface area contributed by atoms with Crippen LogP contribution in [-0.2, 0) is 10.0 Å². The molecule has 0 bridgehead atoms. The Hall–Kier alpha value is -1.95. The second kappa shape index (κ2) is 9.25. The number of halogens is 2. The van der Waals surface area contributed by atoms with E-state index in [9.17, 15) is 18.3 Å². The number of nitrogens with one attached hydrogen (secondary N) is 1. The number of amides is 1. The largest absolute Gasteiger partial charge is 0.485 e. The summed E-state index contributed by atoms with van der Waals surface area (Å²) in [6.07, 6.45) is -1.23. The summed E-state index contributed by atoms with van der Waals surface area (Å²) in [7, 11) is -2.38. The maximum absolute atomic E-state index is 13.2. The average Bonchev–Trinajstić information content (AvgIpc) is 3.15. The van der Waals surface area contributed by atoms with E-state index in [1.54, 1.807) is 39.1 Å². The van der Waals surface area contributed by atoms with Crippen LogP contribution in [0.15, 0.2) is 63.3 Å². The van der Waals surface area contributed by atoms with Gasteiger partial charge in [0.05, 0.1) is 6.04 Å². The quantitative estimate of drug-likeness (QED) is 0.440. The van der Waals surface area contributed by atoms with Crippen LogP contribution in [0, 0.1) is 0 Å². The van der Waals surface area contributed by atoms with Crippen molar-refractivity contribution in [1.29, 1.82) is 0 Å². The Kier molecular flexibility index (Phi) is 6.84. The number of thiophene rings is 1. The van der Waals surface area contributed by atoms with Crippen LogP contribution in [0.25, 0.3) is 0 Å². The predicted octanol–water partition coefficient (Wildman–Crippen LogP) is 4.99. The van der Waals surface area contributed by atoms with E-state index in [4.69, 9.17) is 16.3 Å². The van der Waals surface area contributed by atoms with Crippen molar-refractivity contribution in [3.8, 4) is 5.75 Å². The van der Waals surface area contributed by atoms with Crippen molar-refractivity contribution in [2.45, 2.75) is 35.8 Å². The molecular weight excluding hydrogens is 564 g/mol. The van der Waals surface area contributed by atoms with Crippen molar-refractivity contribution in [2.75, 3.05) is 11.9 Å². The van der Waals surface area contributed by atoms with E-state index in [0.29, 0.717) is 31.4 Å². The lowest BCUT2D eigenvalue weighted by atomic mass is 9.86. The zero-order valence-electron chi connectivity index (χ0n) is 18.5. The van der Waals surface area contributed by atoms with Gasteiger partial charge in [-0.2, -0.15) is 0 Å². The van der Waals surface area contributed by atoms with Gasteiger partial charge in [-0.05, 0) is 66.2 Å². The Labute approximate surface area is 215 Å². The second-order valence-corrected chi connectivity index (χ2v) is 12.8. The van der Waals surface area contributed by atoms with E-state index in [1.165, 1.54) is 11.0 Å². The lowest BCUT2D eigenvalue weighted by Crippen LogP contribution is -2.53. The summed E-state index contributed by atoms with van der Waals surface area (Å²) >= 11 is 10.2. The maximum atomic E-state index is 13.2. The number of anilines is 1. The van der Waals surface area contributed by atoms with Crippen LogP contribution in [0.2, 0.25) is 4.34 Å². The minimum absolute atomic E-state index is 0.00142. The van der Waals surface area contributed by atoms with Crippen molar-refractivity contribution in [1.82, 2.24) is 4.72 Å². The summed E-state index contributed by atoms with van der Waals surface area (Å²) in [5, 5.41) is 11.1. The number of aliphatic hydroxyl groups is 1. The Morgan fingerprint density at radius 3 is 2.50 bits per heavy atom. The summed E-state index contributed by atoms with van der Waals surface area (Å²) in [4.78, 5) is 14.7. The molecule has 0 saturated heterocycles. The van der Waals surface area contributed by atoms with Crippen molar-refractivity contribution in [3.63, 3.8) is 0 Å². The number of nitrogens with zero attached hydrogens (tertiary/aromatic N) is 1. The molecule has 0 unspecified atom stereocenters. The number of aliphatic hydroxyl groups excluding tert-OH is 1. The molecular formula is C23H22BrClN2O5S2. The molecule has 1 amide bonds.